The van der Waals surface area contributed by atoms with Gasteiger partial charge in [-0.25, -0.2) is 0 Å². The Labute approximate surface area is 101 Å². The van der Waals surface area contributed by atoms with Gasteiger partial charge in [0.2, 0.25) is 0 Å². The van der Waals surface area contributed by atoms with Gasteiger partial charge in [0.1, 0.15) is 4.88 Å². The maximum Gasteiger partial charge on any atom is 0.265 e. The van der Waals surface area contributed by atoms with Gasteiger partial charge in [0.15, 0.2) is 0 Å². The van der Waals surface area contributed by atoms with Crippen LogP contribution in [0.2, 0.25) is 0 Å². The lowest BCUT2D eigenvalue weighted by atomic mass is 9.91. The SMILES string of the molecule is CCC(C)NC(=O)c1snnc1C(C)(C)C. The molecule has 0 aliphatic carbocycles. The second-order valence-electron chi connectivity index (χ2n) is 4.98. The predicted molar refractivity (Wildman–Crippen MR) is 65.8 cm³/mol. The number of aromatic nitrogens is 2. The molecule has 0 aliphatic rings. The smallest absolute Gasteiger partial charge is 0.265 e. The molecule has 0 fully saturated rings. The number of hydrogen-bond donors (Lipinski definition) is 1. The molecular formula is C11H19N3OS. The van der Waals surface area contributed by atoms with Crippen molar-refractivity contribution in [2.75, 3.05) is 0 Å². The van der Waals surface area contributed by atoms with E-state index in [1.807, 2.05) is 34.6 Å². The molecule has 90 valence electrons. The summed E-state index contributed by atoms with van der Waals surface area (Å²) in [6, 6.07) is 0.183. The molecule has 4 nitrogen and oxygen atoms in total. The zero-order valence-corrected chi connectivity index (χ0v) is 11.3. The van der Waals surface area contributed by atoms with Crippen molar-refractivity contribution >= 4 is 17.4 Å². The second kappa shape index (κ2) is 4.91. The average molecular weight is 241 g/mol. The molecule has 1 rings (SSSR count). The predicted octanol–water partition coefficient (Wildman–Crippen LogP) is 2.36. The number of amides is 1. The molecule has 0 spiro atoms. The Bertz CT molecular complexity index is 368. The van der Waals surface area contributed by atoms with Crippen LogP contribution < -0.4 is 5.32 Å². The van der Waals surface area contributed by atoms with Crippen molar-refractivity contribution in [2.24, 2.45) is 0 Å². The van der Waals surface area contributed by atoms with Crippen LogP contribution in [0.3, 0.4) is 0 Å². The normalized spacial score (nSPS) is 13.6. The van der Waals surface area contributed by atoms with Gasteiger partial charge in [-0.2, -0.15) is 0 Å². The van der Waals surface area contributed by atoms with E-state index in [1.54, 1.807) is 0 Å². The van der Waals surface area contributed by atoms with Gasteiger partial charge in [-0.3, -0.25) is 4.79 Å². The van der Waals surface area contributed by atoms with Crippen LogP contribution in [0.5, 0.6) is 0 Å². The largest absolute Gasteiger partial charge is 0.349 e. The van der Waals surface area contributed by atoms with E-state index in [1.165, 1.54) is 0 Å². The number of carbonyl (C=O) groups is 1. The van der Waals surface area contributed by atoms with Crippen LogP contribution in [0.4, 0.5) is 0 Å². The molecule has 1 N–H and O–H groups in total. The fourth-order valence-corrected chi connectivity index (χ4v) is 2.00. The lowest BCUT2D eigenvalue weighted by molar-refractivity contribution is 0.0941. The van der Waals surface area contributed by atoms with Gasteiger partial charge >= 0.3 is 0 Å². The third-order valence-electron chi connectivity index (χ3n) is 2.39. The highest BCUT2D eigenvalue weighted by Gasteiger charge is 2.26. The molecular weight excluding hydrogens is 222 g/mol. The van der Waals surface area contributed by atoms with Crippen molar-refractivity contribution in [3.63, 3.8) is 0 Å². The van der Waals surface area contributed by atoms with Crippen LogP contribution >= 0.6 is 11.5 Å². The van der Waals surface area contributed by atoms with Crippen molar-refractivity contribution in [1.82, 2.24) is 14.9 Å². The van der Waals surface area contributed by atoms with Crippen molar-refractivity contribution in [2.45, 2.75) is 52.5 Å². The summed E-state index contributed by atoms with van der Waals surface area (Å²) in [6.45, 7) is 10.1. The topological polar surface area (TPSA) is 54.9 Å². The van der Waals surface area contributed by atoms with E-state index in [0.717, 1.165) is 23.6 Å². The van der Waals surface area contributed by atoms with Crippen LogP contribution in [0.25, 0.3) is 0 Å². The van der Waals surface area contributed by atoms with Crippen LogP contribution in [-0.4, -0.2) is 21.5 Å². The van der Waals surface area contributed by atoms with E-state index in [0.29, 0.717) is 4.88 Å². The second-order valence-corrected chi connectivity index (χ2v) is 5.74. The summed E-state index contributed by atoms with van der Waals surface area (Å²) in [6.07, 6.45) is 0.919. The highest BCUT2D eigenvalue weighted by molar-refractivity contribution is 7.08. The maximum absolute atomic E-state index is 12.0. The molecule has 1 unspecified atom stereocenters. The summed E-state index contributed by atoms with van der Waals surface area (Å²) in [7, 11) is 0. The third kappa shape index (κ3) is 3.01. The lowest BCUT2D eigenvalue weighted by Crippen LogP contribution is -2.33. The first kappa shape index (κ1) is 13.1. The standard InChI is InChI=1S/C11H19N3OS/c1-6-7(2)12-10(15)8-9(11(3,4)5)13-14-16-8/h7H,6H2,1-5H3,(H,12,15). The molecule has 1 atom stereocenters. The van der Waals surface area contributed by atoms with E-state index in [9.17, 15) is 4.79 Å². The monoisotopic (exact) mass is 241 g/mol. The fourth-order valence-electron chi connectivity index (χ4n) is 1.22. The molecule has 1 amide bonds. The summed E-state index contributed by atoms with van der Waals surface area (Å²) >= 11 is 1.16. The van der Waals surface area contributed by atoms with Crippen LogP contribution in [0, 0.1) is 0 Å². The van der Waals surface area contributed by atoms with Gasteiger partial charge in [-0.15, -0.1) is 5.10 Å². The van der Waals surface area contributed by atoms with Gasteiger partial charge in [-0.05, 0) is 24.9 Å². The molecule has 0 aromatic carbocycles. The molecule has 1 heterocycles. The molecule has 0 radical (unpaired) electrons. The molecule has 0 saturated carbocycles. The summed E-state index contributed by atoms with van der Waals surface area (Å²) < 4.78 is 3.87. The summed E-state index contributed by atoms with van der Waals surface area (Å²) in [4.78, 5) is 12.6. The van der Waals surface area contributed by atoms with Crippen LogP contribution in [0.15, 0.2) is 0 Å². The van der Waals surface area contributed by atoms with Gasteiger partial charge in [0.25, 0.3) is 5.91 Å². The minimum Gasteiger partial charge on any atom is -0.349 e. The zero-order chi connectivity index (χ0) is 12.3. The Balaban J connectivity index is 2.89. The summed E-state index contributed by atoms with van der Waals surface area (Å²) in [5.41, 5.74) is 0.632. The maximum atomic E-state index is 12.0. The number of rotatable bonds is 3. The van der Waals surface area contributed by atoms with Crippen molar-refractivity contribution in [1.29, 1.82) is 0 Å². The van der Waals surface area contributed by atoms with Crippen molar-refractivity contribution < 1.29 is 4.79 Å². The van der Waals surface area contributed by atoms with Crippen LogP contribution in [-0.2, 0) is 5.41 Å². The van der Waals surface area contributed by atoms with E-state index < -0.39 is 0 Å². The van der Waals surface area contributed by atoms with Gasteiger partial charge in [-0.1, -0.05) is 32.2 Å². The molecule has 0 bridgehead atoms. The highest BCUT2D eigenvalue weighted by atomic mass is 32.1. The van der Waals surface area contributed by atoms with Gasteiger partial charge in [0, 0.05) is 11.5 Å². The van der Waals surface area contributed by atoms with E-state index in [4.69, 9.17) is 0 Å². The highest BCUT2D eigenvalue weighted by Crippen LogP contribution is 2.25. The molecule has 0 saturated heterocycles. The Morgan fingerprint density at radius 3 is 2.62 bits per heavy atom. The van der Waals surface area contributed by atoms with E-state index in [2.05, 4.69) is 14.9 Å². The number of hydrogen-bond acceptors (Lipinski definition) is 4. The first-order chi connectivity index (χ1) is 7.36. The van der Waals surface area contributed by atoms with E-state index >= 15 is 0 Å². The number of carbonyl (C=O) groups excluding carboxylic acids is 1. The number of nitrogens with zero attached hydrogens (tertiary/aromatic N) is 2. The first-order valence-corrected chi connectivity index (χ1v) is 6.27. The van der Waals surface area contributed by atoms with Gasteiger partial charge < -0.3 is 5.32 Å². The third-order valence-corrected chi connectivity index (χ3v) is 3.12. The summed E-state index contributed by atoms with van der Waals surface area (Å²) in [5.74, 6) is -0.0609. The van der Waals surface area contributed by atoms with Crippen molar-refractivity contribution in [3.8, 4) is 0 Å². The quantitative estimate of drug-likeness (QED) is 0.884. The minimum atomic E-state index is -0.144. The van der Waals surface area contributed by atoms with E-state index in [-0.39, 0.29) is 17.4 Å². The average Bonchev–Trinajstić information content (AvgIpc) is 2.65. The zero-order valence-electron chi connectivity index (χ0n) is 10.5. The Morgan fingerprint density at radius 1 is 1.50 bits per heavy atom. The van der Waals surface area contributed by atoms with Crippen molar-refractivity contribution in [3.05, 3.63) is 10.6 Å². The minimum absolute atomic E-state index is 0.0609. The molecule has 16 heavy (non-hydrogen) atoms. The Morgan fingerprint density at radius 2 is 2.12 bits per heavy atom. The number of nitrogens with one attached hydrogen (secondary N) is 1. The molecule has 1 aromatic rings. The summed E-state index contributed by atoms with van der Waals surface area (Å²) in [5, 5.41) is 6.99. The Kier molecular flexibility index (Phi) is 4.02. The Hall–Kier alpha value is -0.970. The van der Waals surface area contributed by atoms with Crippen LogP contribution in [0.1, 0.15) is 56.4 Å². The lowest BCUT2D eigenvalue weighted by Gasteiger charge is -2.17. The molecule has 0 aliphatic heterocycles. The first-order valence-electron chi connectivity index (χ1n) is 5.50. The molecule has 1 aromatic heterocycles. The molecule has 5 heteroatoms. The fraction of sp³-hybridized carbons (Fsp3) is 0.727. The van der Waals surface area contributed by atoms with Gasteiger partial charge in [0.05, 0.1) is 5.69 Å².